The molecular formula is C23H32N4O2. The molecule has 0 spiro atoms. The van der Waals surface area contributed by atoms with E-state index in [1.807, 2.05) is 0 Å². The zero-order chi connectivity index (χ0) is 20.0. The summed E-state index contributed by atoms with van der Waals surface area (Å²) >= 11 is 0. The first-order valence-electron chi connectivity index (χ1n) is 11.5. The highest BCUT2D eigenvalue weighted by Gasteiger charge is 2.67. The number of hydrogen-bond donors (Lipinski definition) is 1. The number of carbonyl (C=O) groups excluding carboxylic acids is 1. The van der Waals surface area contributed by atoms with Gasteiger partial charge >= 0.3 is 0 Å². The Bertz CT molecular complexity index is 881. The lowest BCUT2D eigenvalue weighted by Gasteiger charge is -2.56. The van der Waals surface area contributed by atoms with Crippen LogP contribution in [0.5, 0.6) is 0 Å². The minimum atomic E-state index is -0.332. The minimum Gasteiger partial charge on any atom is -0.390 e. The molecule has 0 aromatic carbocycles. The van der Waals surface area contributed by atoms with E-state index in [2.05, 4.69) is 35.3 Å². The van der Waals surface area contributed by atoms with Crippen molar-refractivity contribution in [1.29, 1.82) is 0 Å². The maximum atomic E-state index is 13.1. The van der Waals surface area contributed by atoms with E-state index < -0.39 is 0 Å². The van der Waals surface area contributed by atoms with E-state index in [0.717, 1.165) is 38.5 Å². The molecule has 6 nitrogen and oxygen atoms in total. The average molecular weight is 397 g/mol. The van der Waals surface area contributed by atoms with Gasteiger partial charge in [0.1, 0.15) is 6.54 Å². The number of fused-ring (bicyclic) bond motifs is 7. The summed E-state index contributed by atoms with van der Waals surface area (Å²) in [5.41, 5.74) is 1.69. The number of tetrazole rings is 1. The zero-order valence-electron chi connectivity index (χ0n) is 17.5. The predicted molar refractivity (Wildman–Crippen MR) is 106 cm³/mol. The Hall–Kier alpha value is -1.56. The first kappa shape index (κ1) is 18.2. The maximum Gasteiger partial charge on any atom is 0.162 e. The normalized spacial score (nSPS) is 50.0. The first-order valence-corrected chi connectivity index (χ1v) is 11.5. The molecule has 5 aliphatic carbocycles. The molecule has 156 valence electrons. The summed E-state index contributed by atoms with van der Waals surface area (Å²) in [4.78, 5) is 14.6. The molecule has 2 unspecified atom stereocenters. The monoisotopic (exact) mass is 396 g/mol. The van der Waals surface area contributed by atoms with E-state index in [1.165, 1.54) is 24.0 Å². The Morgan fingerprint density at radius 3 is 2.79 bits per heavy atom. The van der Waals surface area contributed by atoms with Gasteiger partial charge < -0.3 is 5.11 Å². The second-order valence-corrected chi connectivity index (χ2v) is 11.2. The summed E-state index contributed by atoms with van der Waals surface area (Å²) in [6.07, 6.45) is 12.7. The van der Waals surface area contributed by atoms with Gasteiger partial charge in [-0.1, -0.05) is 25.5 Å². The molecule has 6 heteroatoms. The van der Waals surface area contributed by atoms with E-state index in [9.17, 15) is 9.90 Å². The summed E-state index contributed by atoms with van der Waals surface area (Å²) in [5.74, 6) is 2.79. The van der Waals surface area contributed by atoms with Crippen LogP contribution >= 0.6 is 0 Å². The van der Waals surface area contributed by atoms with Gasteiger partial charge in [-0.05, 0) is 91.1 Å². The van der Waals surface area contributed by atoms with Crippen LogP contribution in [-0.4, -0.2) is 36.7 Å². The largest absolute Gasteiger partial charge is 0.390 e. The van der Waals surface area contributed by atoms with Crippen LogP contribution in [0, 0.1) is 40.4 Å². The number of carbonyl (C=O) groups is 1. The van der Waals surface area contributed by atoms with Crippen LogP contribution in [-0.2, 0) is 11.3 Å². The summed E-state index contributed by atoms with van der Waals surface area (Å²) in [6, 6.07) is 0. The highest BCUT2D eigenvalue weighted by molar-refractivity contribution is 5.82. The van der Waals surface area contributed by atoms with Crippen LogP contribution < -0.4 is 0 Å². The molecule has 0 saturated heterocycles. The van der Waals surface area contributed by atoms with Crippen molar-refractivity contribution in [3.63, 3.8) is 0 Å². The average Bonchev–Trinajstić information content (AvgIpc) is 3.02. The van der Waals surface area contributed by atoms with Crippen molar-refractivity contribution in [1.82, 2.24) is 20.2 Å². The molecule has 5 aliphatic rings. The number of aromatic nitrogens is 4. The van der Waals surface area contributed by atoms with Crippen LogP contribution in [0.15, 0.2) is 18.0 Å². The second kappa shape index (κ2) is 5.77. The third-order valence-electron chi connectivity index (χ3n) is 10.1. The van der Waals surface area contributed by atoms with Gasteiger partial charge in [0.2, 0.25) is 0 Å². The molecule has 1 aromatic heterocycles. The Morgan fingerprint density at radius 1 is 1.17 bits per heavy atom. The highest BCUT2D eigenvalue weighted by atomic mass is 16.3. The standard InChI is InChI=1S/C23H32N4O2/c1-21-8-7-16-14(3-4-17-19-11-23(19,29)10-9-22(16,17)2)15(21)5-6-18(21)20(28)12-27-25-13-24-26-27/h7,13-15,17-19,29H,3-6,8-12H2,1-2H3/t14-,15?,17-,18+,19?,21-,22+,23-/m0/s1. The van der Waals surface area contributed by atoms with Crippen molar-refractivity contribution < 1.29 is 9.90 Å². The maximum absolute atomic E-state index is 13.1. The predicted octanol–water partition coefficient (Wildman–Crippen LogP) is 3.18. The van der Waals surface area contributed by atoms with Crippen LogP contribution in [0.3, 0.4) is 0 Å². The van der Waals surface area contributed by atoms with Crippen LogP contribution in [0.25, 0.3) is 0 Å². The van der Waals surface area contributed by atoms with Crippen molar-refractivity contribution >= 4 is 5.78 Å². The van der Waals surface area contributed by atoms with Gasteiger partial charge in [0, 0.05) is 5.92 Å². The third-order valence-corrected chi connectivity index (χ3v) is 10.1. The van der Waals surface area contributed by atoms with Gasteiger partial charge in [0.15, 0.2) is 12.1 Å². The van der Waals surface area contributed by atoms with Gasteiger partial charge in [-0.3, -0.25) is 4.79 Å². The van der Waals surface area contributed by atoms with E-state index in [1.54, 1.807) is 5.57 Å². The van der Waals surface area contributed by atoms with Crippen molar-refractivity contribution in [3.8, 4) is 0 Å². The molecule has 0 amide bonds. The fraction of sp³-hybridized carbons (Fsp3) is 0.826. The Morgan fingerprint density at radius 2 is 2.00 bits per heavy atom. The first-order chi connectivity index (χ1) is 13.9. The number of allylic oxidation sites excluding steroid dienone is 2. The van der Waals surface area contributed by atoms with Gasteiger partial charge in [-0.2, -0.15) is 4.80 Å². The Balaban J connectivity index is 1.28. The molecule has 6 rings (SSSR count). The van der Waals surface area contributed by atoms with Crippen LogP contribution in [0.4, 0.5) is 0 Å². The van der Waals surface area contributed by atoms with Gasteiger partial charge in [0.25, 0.3) is 0 Å². The molecule has 4 fully saturated rings. The molecule has 4 saturated carbocycles. The number of Topliss-reactive ketones (excluding diaryl/α,β-unsaturated/α-hetero) is 1. The molecular weight excluding hydrogens is 364 g/mol. The van der Waals surface area contributed by atoms with E-state index >= 15 is 0 Å². The molecule has 8 atom stereocenters. The molecule has 29 heavy (non-hydrogen) atoms. The van der Waals surface area contributed by atoms with Crippen molar-refractivity contribution in [2.24, 2.45) is 40.4 Å². The topological polar surface area (TPSA) is 80.9 Å². The molecule has 0 radical (unpaired) electrons. The molecule has 1 heterocycles. The van der Waals surface area contributed by atoms with Gasteiger partial charge in [-0.25, -0.2) is 0 Å². The summed E-state index contributed by atoms with van der Waals surface area (Å²) in [7, 11) is 0. The fourth-order valence-corrected chi connectivity index (χ4v) is 8.44. The molecule has 1 N–H and O–H groups in total. The quantitative estimate of drug-likeness (QED) is 0.794. The van der Waals surface area contributed by atoms with Crippen molar-refractivity contribution in [2.75, 3.05) is 0 Å². The van der Waals surface area contributed by atoms with E-state index in [0.29, 0.717) is 23.7 Å². The molecule has 0 bridgehead atoms. The van der Waals surface area contributed by atoms with E-state index in [-0.39, 0.29) is 34.7 Å². The summed E-state index contributed by atoms with van der Waals surface area (Å²) < 4.78 is 0. The Kier molecular flexibility index (Phi) is 3.63. The number of ketones is 1. The fourth-order valence-electron chi connectivity index (χ4n) is 8.44. The van der Waals surface area contributed by atoms with Gasteiger partial charge in [-0.15, -0.1) is 10.2 Å². The lowest BCUT2D eigenvalue weighted by atomic mass is 9.48. The zero-order valence-corrected chi connectivity index (χ0v) is 17.5. The van der Waals surface area contributed by atoms with Gasteiger partial charge in [0.05, 0.1) is 5.60 Å². The third kappa shape index (κ3) is 2.38. The molecule has 0 aliphatic heterocycles. The van der Waals surface area contributed by atoms with Crippen LogP contribution in [0.1, 0.15) is 65.2 Å². The second-order valence-electron chi connectivity index (χ2n) is 11.2. The lowest BCUT2D eigenvalue weighted by Crippen LogP contribution is -2.49. The lowest BCUT2D eigenvalue weighted by molar-refractivity contribution is -0.128. The number of hydrogen-bond acceptors (Lipinski definition) is 5. The van der Waals surface area contributed by atoms with Crippen LogP contribution in [0.2, 0.25) is 0 Å². The number of rotatable bonds is 3. The summed E-state index contributed by atoms with van der Waals surface area (Å²) in [5, 5.41) is 22.4. The van der Waals surface area contributed by atoms with Crippen molar-refractivity contribution in [3.05, 3.63) is 18.0 Å². The number of nitrogens with zero attached hydrogens (tertiary/aromatic N) is 4. The van der Waals surface area contributed by atoms with Crippen molar-refractivity contribution in [2.45, 2.75) is 77.4 Å². The minimum absolute atomic E-state index is 0.0595. The SMILES string of the molecule is C[C@]12CC=C3[C@@H](CC[C@H]4C5C[C@@]5(O)CC[C@]34C)C1CC[C@@H]2C(=O)Cn1ncnn1. The highest BCUT2D eigenvalue weighted by Crippen LogP contribution is 2.71. The number of aliphatic hydroxyl groups is 1. The molecule has 1 aromatic rings. The Labute approximate surface area is 172 Å². The van der Waals surface area contributed by atoms with E-state index in [4.69, 9.17) is 0 Å². The summed E-state index contributed by atoms with van der Waals surface area (Å²) in [6.45, 7) is 5.10. The smallest absolute Gasteiger partial charge is 0.162 e.